The predicted molar refractivity (Wildman–Crippen MR) is 73.7 cm³/mol. The summed E-state index contributed by atoms with van der Waals surface area (Å²) in [4.78, 5) is 0. The molecule has 2 aromatic rings. The minimum atomic E-state index is -0.329. The Hall–Kier alpha value is -2.27. The van der Waals surface area contributed by atoms with Gasteiger partial charge in [-0.25, -0.2) is 0 Å². The number of benzene rings is 2. The molecule has 2 rings (SSSR count). The van der Waals surface area contributed by atoms with Crippen molar-refractivity contribution >= 4 is 0 Å². The molecule has 0 aliphatic carbocycles. The molecule has 0 aliphatic heterocycles. The van der Waals surface area contributed by atoms with Crippen LogP contribution in [0.1, 0.15) is 19.4 Å². The quantitative estimate of drug-likeness (QED) is 0.652. The highest BCUT2D eigenvalue weighted by Crippen LogP contribution is 2.24. The van der Waals surface area contributed by atoms with Gasteiger partial charge in [-0.1, -0.05) is 54.6 Å². The van der Waals surface area contributed by atoms with Gasteiger partial charge in [0, 0.05) is 0 Å². The minimum Gasteiger partial charge on any atom is -0.314 e. The third kappa shape index (κ3) is 2.52. The van der Waals surface area contributed by atoms with Crippen LogP contribution in [0.5, 0.6) is 0 Å². The van der Waals surface area contributed by atoms with Crippen LogP contribution >= 0.6 is 0 Å². The first-order chi connectivity index (χ1) is 8.63. The monoisotopic (exact) mass is 236 g/mol. The van der Waals surface area contributed by atoms with Crippen LogP contribution in [-0.4, -0.2) is 0 Å². The van der Waals surface area contributed by atoms with E-state index in [1.807, 2.05) is 38.2 Å². The van der Waals surface area contributed by atoms with Gasteiger partial charge in [0.1, 0.15) is 0 Å². The molecule has 0 fully saturated rings. The maximum Gasteiger partial charge on any atom is 0.177 e. The lowest BCUT2D eigenvalue weighted by molar-refractivity contribution is 0.474. The predicted octanol–water partition coefficient (Wildman–Crippen LogP) is 3.66. The molecule has 0 spiro atoms. The molecule has 2 aromatic carbocycles. The Morgan fingerprint density at radius 3 is 2.00 bits per heavy atom. The van der Waals surface area contributed by atoms with E-state index in [0.717, 1.165) is 5.56 Å². The van der Waals surface area contributed by atoms with Gasteiger partial charge >= 0.3 is 0 Å². The normalized spacial score (nSPS) is 10.7. The lowest BCUT2D eigenvalue weighted by Crippen LogP contribution is -2.32. The van der Waals surface area contributed by atoms with Crippen molar-refractivity contribution in [2.45, 2.75) is 19.4 Å². The standard InChI is InChI=1S/C16H16N2/c1-16(2,18-12-17)15-10-8-14(9-11-15)13-6-4-3-5-7-13/h3-11,18H,1-2H3. The van der Waals surface area contributed by atoms with Gasteiger partial charge < -0.3 is 5.32 Å². The van der Waals surface area contributed by atoms with Crippen LogP contribution in [0.25, 0.3) is 11.1 Å². The first kappa shape index (κ1) is 12.2. The van der Waals surface area contributed by atoms with E-state index in [2.05, 4.69) is 41.7 Å². The molecule has 0 heterocycles. The lowest BCUT2D eigenvalue weighted by Gasteiger charge is -2.23. The molecule has 0 saturated heterocycles. The maximum absolute atomic E-state index is 8.73. The SMILES string of the molecule is CC(C)(NC#N)c1ccc(-c2ccccc2)cc1. The lowest BCUT2D eigenvalue weighted by atomic mass is 9.92. The summed E-state index contributed by atoms with van der Waals surface area (Å²) in [5.41, 5.74) is 3.16. The van der Waals surface area contributed by atoms with Gasteiger partial charge in [-0.3, -0.25) is 0 Å². The van der Waals surface area contributed by atoms with Crippen LogP contribution in [0.15, 0.2) is 54.6 Å². The molecule has 0 amide bonds. The third-order valence-electron chi connectivity index (χ3n) is 3.08. The molecule has 2 heteroatoms. The molecule has 1 N–H and O–H groups in total. The van der Waals surface area contributed by atoms with Crippen molar-refractivity contribution in [3.63, 3.8) is 0 Å². The van der Waals surface area contributed by atoms with Crippen molar-refractivity contribution in [3.05, 3.63) is 60.2 Å². The van der Waals surface area contributed by atoms with E-state index in [4.69, 9.17) is 5.26 Å². The van der Waals surface area contributed by atoms with Crippen LogP contribution in [-0.2, 0) is 5.54 Å². The Bertz CT molecular complexity index is 548. The van der Waals surface area contributed by atoms with Gasteiger partial charge in [0.05, 0.1) is 5.54 Å². The summed E-state index contributed by atoms with van der Waals surface area (Å²) in [6, 6.07) is 18.6. The number of rotatable bonds is 3. The first-order valence-corrected chi connectivity index (χ1v) is 5.96. The van der Waals surface area contributed by atoms with Crippen LogP contribution < -0.4 is 5.32 Å². The number of hydrogen-bond donors (Lipinski definition) is 1. The van der Waals surface area contributed by atoms with E-state index in [9.17, 15) is 0 Å². The Labute approximate surface area is 108 Å². The highest BCUT2D eigenvalue weighted by atomic mass is 14.9. The van der Waals surface area contributed by atoms with E-state index in [1.54, 1.807) is 0 Å². The first-order valence-electron chi connectivity index (χ1n) is 5.96. The Morgan fingerprint density at radius 2 is 1.44 bits per heavy atom. The zero-order valence-corrected chi connectivity index (χ0v) is 10.6. The number of nitrogens with zero attached hydrogens (tertiary/aromatic N) is 1. The van der Waals surface area contributed by atoms with Crippen molar-refractivity contribution < 1.29 is 0 Å². The van der Waals surface area contributed by atoms with Gasteiger partial charge in [0.25, 0.3) is 0 Å². The fourth-order valence-corrected chi connectivity index (χ4v) is 1.92. The van der Waals surface area contributed by atoms with Gasteiger partial charge in [-0.05, 0) is 30.5 Å². The summed E-state index contributed by atoms with van der Waals surface area (Å²) < 4.78 is 0. The zero-order valence-electron chi connectivity index (χ0n) is 10.6. The van der Waals surface area contributed by atoms with Crippen LogP contribution in [0, 0.1) is 11.5 Å². The molecule has 0 radical (unpaired) electrons. The topological polar surface area (TPSA) is 35.8 Å². The molecule has 0 unspecified atom stereocenters. The van der Waals surface area contributed by atoms with Crippen LogP contribution in [0.3, 0.4) is 0 Å². The van der Waals surface area contributed by atoms with Crippen molar-refractivity contribution in [1.29, 1.82) is 5.26 Å². The fraction of sp³-hybridized carbons (Fsp3) is 0.188. The second-order valence-electron chi connectivity index (χ2n) is 4.81. The van der Waals surface area contributed by atoms with Crippen molar-refractivity contribution in [3.8, 4) is 17.3 Å². The molecular formula is C16H16N2. The van der Waals surface area contributed by atoms with E-state index in [-0.39, 0.29) is 5.54 Å². The van der Waals surface area contributed by atoms with E-state index in [0.29, 0.717) is 0 Å². The highest BCUT2D eigenvalue weighted by Gasteiger charge is 2.18. The van der Waals surface area contributed by atoms with Gasteiger partial charge in [-0.15, -0.1) is 0 Å². The Kier molecular flexibility index (Phi) is 3.34. The summed E-state index contributed by atoms with van der Waals surface area (Å²) in [5.74, 6) is 0. The van der Waals surface area contributed by atoms with E-state index >= 15 is 0 Å². The van der Waals surface area contributed by atoms with Crippen molar-refractivity contribution in [2.75, 3.05) is 0 Å². The molecule has 90 valence electrons. The van der Waals surface area contributed by atoms with Crippen LogP contribution in [0.2, 0.25) is 0 Å². The largest absolute Gasteiger partial charge is 0.314 e. The van der Waals surface area contributed by atoms with E-state index in [1.165, 1.54) is 11.1 Å². The second kappa shape index (κ2) is 4.93. The molecule has 0 aliphatic rings. The highest BCUT2D eigenvalue weighted by molar-refractivity contribution is 5.63. The summed E-state index contributed by atoms with van der Waals surface area (Å²) >= 11 is 0. The molecule has 2 nitrogen and oxygen atoms in total. The number of nitrogens with one attached hydrogen (secondary N) is 1. The smallest absolute Gasteiger partial charge is 0.177 e. The van der Waals surface area contributed by atoms with E-state index < -0.39 is 0 Å². The Morgan fingerprint density at radius 1 is 0.889 bits per heavy atom. The average Bonchev–Trinajstić information content (AvgIpc) is 2.40. The number of hydrogen-bond acceptors (Lipinski definition) is 2. The zero-order chi connectivity index (χ0) is 13.0. The molecule has 0 atom stereocenters. The fourth-order valence-electron chi connectivity index (χ4n) is 1.92. The molecule has 0 saturated carbocycles. The third-order valence-corrected chi connectivity index (χ3v) is 3.08. The number of nitriles is 1. The second-order valence-corrected chi connectivity index (χ2v) is 4.81. The molecule has 0 aromatic heterocycles. The maximum atomic E-state index is 8.73. The van der Waals surface area contributed by atoms with Gasteiger partial charge in [0.15, 0.2) is 6.19 Å². The molecule has 18 heavy (non-hydrogen) atoms. The molecule has 0 bridgehead atoms. The summed E-state index contributed by atoms with van der Waals surface area (Å²) in [7, 11) is 0. The van der Waals surface area contributed by atoms with Gasteiger partial charge in [-0.2, -0.15) is 5.26 Å². The van der Waals surface area contributed by atoms with Crippen molar-refractivity contribution in [1.82, 2.24) is 5.32 Å². The average molecular weight is 236 g/mol. The summed E-state index contributed by atoms with van der Waals surface area (Å²) in [5, 5.41) is 11.5. The van der Waals surface area contributed by atoms with Gasteiger partial charge in [0.2, 0.25) is 0 Å². The van der Waals surface area contributed by atoms with Crippen LogP contribution in [0.4, 0.5) is 0 Å². The molecular weight excluding hydrogens is 220 g/mol. The summed E-state index contributed by atoms with van der Waals surface area (Å²) in [6.45, 7) is 3.99. The summed E-state index contributed by atoms with van der Waals surface area (Å²) in [6.07, 6.45) is 2.00. The minimum absolute atomic E-state index is 0.329. The Balaban J connectivity index is 2.29. The van der Waals surface area contributed by atoms with Crippen molar-refractivity contribution in [2.24, 2.45) is 0 Å².